The lowest BCUT2D eigenvalue weighted by molar-refractivity contribution is 0.587. The van der Waals surface area contributed by atoms with Gasteiger partial charge in [0.25, 0.3) is 0 Å². The van der Waals surface area contributed by atoms with Gasteiger partial charge in [-0.15, -0.1) is 0 Å². The maximum atomic E-state index is 13.0. The van der Waals surface area contributed by atoms with E-state index in [0.717, 1.165) is 22.6 Å². The number of hydrogen-bond donors (Lipinski definition) is 0. The molecule has 0 aliphatic heterocycles. The summed E-state index contributed by atoms with van der Waals surface area (Å²) in [4.78, 5) is 22.5. The molecule has 0 saturated heterocycles. The molecule has 4 nitrogen and oxygen atoms in total. The average molecular weight is 502 g/mol. The largest absolute Gasteiger partial charge is 0.437 e. The minimum atomic E-state index is -0.228. The van der Waals surface area contributed by atoms with Gasteiger partial charge in [0.15, 0.2) is 0 Å². The summed E-state index contributed by atoms with van der Waals surface area (Å²) >= 11 is 7.00. The van der Waals surface area contributed by atoms with Crippen molar-refractivity contribution in [3.63, 3.8) is 0 Å². The number of alkyl halides is 2. The number of fused-ring (bicyclic) bond motifs is 2. The molecule has 0 aliphatic carbocycles. The first kappa shape index (κ1) is 19.3. The number of pyridine rings is 2. The van der Waals surface area contributed by atoms with Crippen molar-refractivity contribution in [3.8, 4) is 11.4 Å². The molecule has 0 bridgehead atoms. The fraction of sp³-hybridized carbons (Fsp3) is 0.227. The molecular weight excluding hydrogens is 484 g/mol. The summed E-state index contributed by atoms with van der Waals surface area (Å²) in [5.74, 6) is 0. The number of halogens is 2. The van der Waals surface area contributed by atoms with Crippen LogP contribution in [0.2, 0.25) is 0 Å². The van der Waals surface area contributed by atoms with Gasteiger partial charge in [0.05, 0.1) is 27.9 Å². The van der Waals surface area contributed by atoms with E-state index < -0.39 is 0 Å². The van der Waals surface area contributed by atoms with Gasteiger partial charge in [0, 0.05) is 0 Å². The van der Waals surface area contributed by atoms with Crippen molar-refractivity contribution in [1.29, 1.82) is 0 Å². The van der Waals surface area contributed by atoms with Crippen LogP contribution < -0.4 is 5.43 Å². The molecule has 3 aromatic heterocycles. The summed E-state index contributed by atoms with van der Waals surface area (Å²) in [6.07, 6.45) is 0. The van der Waals surface area contributed by atoms with Crippen molar-refractivity contribution in [2.45, 2.75) is 29.9 Å². The predicted octanol–water partition coefficient (Wildman–Crippen LogP) is 6.49. The second-order valence-electron chi connectivity index (χ2n) is 7.66. The zero-order valence-electron chi connectivity index (χ0n) is 15.7. The second kappa shape index (κ2) is 7.08. The van der Waals surface area contributed by atoms with Crippen LogP contribution in [0.5, 0.6) is 0 Å². The Morgan fingerprint density at radius 2 is 1.71 bits per heavy atom. The van der Waals surface area contributed by atoms with Crippen LogP contribution in [-0.4, -0.2) is 9.97 Å². The third-order valence-corrected chi connectivity index (χ3v) is 5.55. The van der Waals surface area contributed by atoms with Crippen molar-refractivity contribution in [2.75, 3.05) is 0 Å². The van der Waals surface area contributed by atoms with Gasteiger partial charge in [-0.2, -0.15) is 0 Å². The number of rotatable bonds is 2. The molecule has 0 N–H and O–H groups in total. The molecular formula is C22H18Br2N2O2. The first-order chi connectivity index (χ1) is 13.3. The van der Waals surface area contributed by atoms with Crippen molar-refractivity contribution in [1.82, 2.24) is 9.97 Å². The van der Waals surface area contributed by atoms with E-state index in [1.54, 1.807) is 12.1 Å². The third kappa shape index (κ3) is 3.40. The predicted molar refractivity (Wildman–Crippen MR) is 120 cm³/mol. The third-order valence-electron chi connectivity index (χ3n) is 4.62. The first-order valence-electron chi connectivity index (χ1n) is 8.88. The van der Waals surface area contributed by atoms with E-state index in [2.05, 4.69) is 52.6 Å². The normalized spacial score (nSPS) is 12.2. The highest BCUT2D eigenvalue weighted by Crippen LogP contribution is 2.35. The second-order valence-corrected chi connectivity index (χ2v) is 10.7. The quantitative estimate of drug-likeness (QED) is 0.232. The summed E-state index contributed by atoms with van der Waals surface area (Å²) in [7, 11) is 0. The number of hydrogen-bond acceptors (Lipinski definition) is 4. The summed E-state index contributed by atoms with van der Waals surface area (Å²) in [6.45, 7) is 6.30. The molecule has 4 rings (SSSR count). The molecule has 0 atom stereocenters. The van der Waals surface area contributed by atoms with Crippen molar-refractivity contribution >= 4 is 53.9 Å². The molecule has 4 aromatic rings. The van der Waals surface area contributed by atoms with Crippen molar-refractivity contribution in [3.05, 3.63) is 70.0 Å². The Kier molecular flexibility index (Phi) is 4.88. The smallest absolute Gasteiger partial charge is 0.231 e. The maximum absolute atomic E-state index is 13.0. The number of nitrogens with zero attached hydrogens (tertiary/aromatic N) is 2. The summed E-state index contributed by atoms with van der Waals surface area (Å²) in [6, 6.07) is 15.0. The fourth-order valence-corrected chi connectivity index (χ4v) is 3.71. The highest BCUT2D eigenvalue weighted by atomic mass is 79.9. The molecule has 0 aliphatic rings. The van der Waals surface area contributed by atoms with Crippen LogP contribution in [0, 0.1) is 0 Å². The van der Waals surface area contributed by atoms with E-state index in [9.17, 15) is 4.79 Å². The molecule has 0 fully saturated rings. The van der Waals surface area contributed by atoms with Crippen LogP contribution in [0.15, 0.2) is 57.7 Å². The Bertz CT molecular complexity index is 1260. The molecule has 28 heavy (non-hydrogen) atoms. The molecule has 0 spiro atoms. The van der Waals surface area contributed by atoms with Gasteiger partial charge in [0.1, 0.15) is 9.32 Å². The molecule has 3 heterocycles. The van der Waals surface area contributed by atoms with Crippen LogP contribution in [-0.2, 0) is 5.41 Å². The minimum absolute atomic E-state index is 0.0552. The van der Waals surface area contributed by atoms with Crippen molar-refractivity contribution in [2.24, 2.45) is 0 Å². The van der Waals surface area contributed by atoms with Gasteiger partial charge in [-0.05, 0) is 41.3 Å². The first-order valence-corrected chi connectivity index (χ1v) is 10.7. The Hall–Kier alpha value is -2.05. The minimum Gasteiger partial charge on any atom is -0.437 e. The fourth-order valence-electron chi connectivity index (χ4n) is 3.20. The lowest BCUT2D eigenvalue weighted by atomic mass is 9.84. The van der Waals surface area contributed by atoms with E-state index in [0.29, 0.717) is 22.1 Å². The van der Waals surface area contributed by atoms with Gasteiger partial charge in [-0.3, -0.25) is 4.79 Å². The number of aromatic nitrogens is 2. The topological polar surface area (TPSA) is 56.0 Å². The zero-order valence-corrected chi connectivity index (χ0v) is 18.8. The maximum Gasteiger partial charge on any atom is 0.231 e. The van der Waals surface area contributed by atoms with Gasteiger partial charge in [-0.1, -0.05) is 70.8 Å². The Morgan fingerprint density at radius 1 is 0.964 bits per heavy atom. The molecule has 0 unspecified atom stereocenters. The van der Waals surface area contributed by atoms with Crippen molar-refractivity contribution < 1.29 is 4.42 Å². The number of para-hydroxylation sites is 1. The standard InChI is InChI=1S/C22H18Br2N2O2/c1-22(2,3)14-11-13-19(27)12-7-4-5-10-17(12)28-21(13)26-18(14)15-8-6-9-16(25-15)20(23)24/h4-11,20H,1-3H3. The Labute approximate surface area is 179 Å². The monoisotopic (exact) mass is 500 g/mol. The van der Waals surface area contributed by atoms with E-state index in [-0.39, 0.29) is 14.6 Å². The van der Waals surface area contributed by atoms with Gasteiger partial charge in [-0.25, -0.2) is 9.97 Å². The van der Waals surface area contributed by atoms with E-state index in [1.807, 2.05) is 36.4 Å². The van der Waals surface area contributed by atoms with E-state index >= 15 is 0 Å². The molecule has 1 aromatic carbocycles. The molecule has 0 radical (unpaired) electrons. The molecule has 6 heteroatoms. The Morgan fingerprint density at radius 3 is 2.43 bits per heavy atom. The highest BCUT2D eigenvalue weighted by Gasteiger charge is 2.24. The highest BCUT2D eigenvalue weighted by molar-refractivity contribution is 9.24. The van der Waals surface area contributed by atoms with E-state index in [1.165, 1.54) is 0 Å². The number of benzene rings is 1. The van der Waals surface area contributed by atoms with Crippen LogP contribution in [0.3, 0.4) is 0 Å². The van der Waals surface area contributed by atoms with E-state index in [4.69, 9.17) is 14.4 Å². The summed E-state index contributed by atoms with van der Waals surface area (Å²) in [5.41, 5.74) is 3.83. The zero-order chi connectivity index (χ0) is 20.1. The molecule has 142 valence electrons. The van der Waals surface area contributed by atoms with Crippen LogP contribution in [0.4, 0.5) is 0 Å². The summed E-state index contributed by atoms with van der Waals surface area (Å²) < 4.78 is 5.92. The SMILES string of the molecule is CC(C)(C)c1cc2c(=O)c3ccccc3oc2nc1-c1cccc(C(Br)Br)n1. The Balaban J connectivity index is 2.09. The van der Waals surface area contributed by atoms with Gasteiger partial charge in [0.2, 0.25) is 11.1 Å². The molecule has 0 amide bonds. The van der Waals surface area contributed by atoms with Crippen LogP contribution in [0.25, 0.3) is 33.5 Å². The molecule has 0 saturated carbocycles. The summed E-state index contributed by atoms with van der Waals surface area (Å²) in [5, 5.41) is 1.05. The lowest BCUT2D eigenvalue weighted by Gasteiger charge is -2.22. The average Bonchev–Trinajstić information content (AvgIpc) is 2.66. The van der Waals surface area contributed by atoms with Crippen LogP contribution in [0.1, 0.15) is 35.8 Å². The lowest BCUT2D eigenvalue weighted by Crippen LogP contribution is -2.16. The van der Waals surface area contributed by atoms with Crippen LogP contribution >= 0.6 is 31.9 Å². The van der Waals surface area contributed by atoms with Gasteiger partial charge >= 0.3 is 0 Å². The van der Waals surface area contributed by atoms with Gasteiger partial charge < -0.3 is 4.42 Å².